The SMILES string of the molecule is CC(C)(C)OC(=O)C(C)(C)O/N=C\C(=O)OCCc1csc(N)n1. The van der Waals surface area contributed by atoms with Crippen LogP contribution in [-0.2, 0) is 30.3 Å². The number of aromatic nitrogens is 1. The van der Waals surface area contributed by atoms with E-state index in [9.17, 15) is 9.59 Å². The lowest BCUT2D eigenvalue weighted by Crippen LogP contribution is -2.40. The molecule has 134 valence electrons. The van der Waals surface area contributed by atoms with E-state index in [4.69, 9.17) is 20.0 Å². The Hall–Kier alpha value is -2.16. The molecule has 1 rings (SSSR count). The second-order valence-corrected chi connectivity index (χ2v) is 7.32. The van der Waals surface area contributed by atoms with Crippen LogP contribution in [0.3, 0.4) is 0 Å². The van der Waals surface area contributed by atoms with Crippen molar-refractivity contribution in [1.82, 2.24) is 4.98 Å². The summed E-state index contributed by atoms with van der Waals surface area (Å²) in [6.45, 7) is 8.38. The predicted molar refractivity (Wildman–Crippen MR) is 90.7 cm³/mol. The van der Waals surface area contributed by atoms with Crippen LogP contribution < -0.4 is 5.73 Å². The van der Waals surface area contributed by atoms with Gasteiger partial charge < -0.3 is 20.0 Å². The van der Waals surface area contributed by atoms with E-state index in [0.717, 1.165) is 11.9 Å². The van der Waals surface area contributed by atoms with Crippen LogP contribution in [0.1, 0.15) is 40.3 Å². The molecule has 0 bridgehead atoms. The molecule has 0 unspecified atom stereocenters. The predicted octanol–water partition coefficient (Wildman–Crippen LogP) is 1.93. The first-order valence-corrected chi connectivity index (χ1v) is 8.19. The monoisotopic (exact) mass is 357 g/mol. The third-order valence-electron chi connectivity index (χ3n) is 2.50. The number of nitrogens with zero attached hydrogens (tertiary/aromatic N) is 2. The zero-order valence-corrected chi connectivity index (χ0v) is 15.3. The number of esters is 2. The fourth-order valence-electron chi connectivity index (χ4n) is 1.37. The van der Waals surface area contributed by atoms with E-state index >= 15 is 0 Å². The van der Waals surface area contributed by atoms with Crippen LogP contribution in [0.25, 0.3) is 0 Å². The van der Waals surface area contributed by atoms with Crippen LogP contribution in [0.4, 0.5) is 5.13 Å². The summed E-state index contributed by atoms with van der Waals surface area (Å²) >= 11 is 1.32. The van der Waals surface area contributed by atoms with Crippen LogP contribution in [0.15, 0.2) is 10.5 Å². The number of anilines is 1. The Morgan fingerprint density at radius 3 is 2.54 bits per heavy atom. The molecule has 0 saturated carbocycles. The summed E-state index contributed by atoms with van der Waals surface area (Å²) in [6, 6.07) is 0. The van der Waals surface area contributed by atoms with Gasteiger partial charge in [-0.25, -0.2) is 14.6 Å². The summed E-state index contributed by atoms with van der Waals surface area (Å²) in [6.07, 6.45) is 1.32. The average molecular weight is 357 g/mol. The molecule has 2 N–H and O–H groups in total. The van der Waals surface area contributed by atoms with E-state index in [1.165, 1.54) is 25.2 Å². The number of nitrogens with two attached hydrogens (primary N) is 1. The summed E-state index contributed by atoms with van der Waals surface area (Å²) in [4.78, 5) is 32.5. The summed E-state index contributed by atoms with van der Waals surface area (Å²) in [5, 5.41) is 5.75. The van der Waals surface area contributed by atoms with Gasteiger partial charge in [0.15, 0.2) is 11.3 Å². The number of ether oxygens (including phenoxy) is 2. The number of oxime groups is 1. The van der Waals surface area contributed by atoms with Gasteiger partial charge in [-0.15, -0.1) is 11.3 Å². The van der Waals surface area contributed by atoms with E-state index < -0.39 is 23.1 Å². The Labute approximate surface area is 145 Å². The third kappa shape index (κ3) is 7.40. The first kappa shape index (κ1) is 19.9. The van der Waals surface area contributed by atoms with E-state index in [1.807, 2.05) is 0 Å². The van der Waals surface area contributed by atoms with Crippen LogP contribution in [0.5, 0.6) is 0 Å². The minimum absolute atomic E-state index is 0.142. The molecule has 0 fully saturated rings. The number of hydrogen-bond acceptors (Lipinski definition) is 9. The molecule has 1 aromatic heterocycles. The van der Waals surface area contributed by atoms with Crippen molar-refractivity contribution in [2.24, 2.45) is 5.16 Å². The standard InChI is InChI=1S/C15H23N3O5S/c1-14(2,3)22-12(20)15(4,5)23-17-8-11(19)21-7-6-10-9-24-13(16)18-10/h8-9H,6-7H2,1-5H3,(H2,16,18)/b17-8-. The molecule has 0 saturated heterocycles. The normalized spacial score (nSPS) is 12.2. The van der Waals surface area contributed by atoms with Gasteiger partial charge in [-0.05, 0) is 34.6 Å². The molecule has 0 aromatic carbocycles. The number of thiazole rings is 1. The highest BCUT2D eigenvalue weighted by Crippen LogP contribution is 2.17. The van der Waals surface area contributed by atoms with E-state index in [0.29, 0.717) is 11.6 Å². The highest BCUT2D eigenvalue weighted by atomic mass is 32.1. The van der Waals surface area contributed by atoms with Crippen molar-refractivity contribution in [2.75, 3.05) is 12.3 Å². The van der Waals surface area contributed by atoms with Crippen LogP contribution in [-0.4, -0.2) is 40.9 Å². The van der Waals surface area contributed by atoms with Crippen molar-refractivity contribution >= 4 is 34.6 Å². The molecule has 8 nitrogen and oxygen atoms in total. The molecule has 0 amide bonds. The van der Waals surface area contributed by atoms with Gasteiger partial charge in [-0.2, -0.15) is 0 Å². The van der Waals surface area contributed by atoms with Gasteiger partial charge in [0.2, 0.25) is 5.60 Å². The molecule has 0 aliphatic carbocycles. The summed E-state index contributed by atoms with van der Waals surface area (Å²) < 4.78 is 10.2. The molecule has 0 radical (unpaired) electrons. The highest BCUT2D eigenvalue weighted by molar-refractivity contribution is 7.13. The molecule has 1 heterocycles. The van der Waals surface area contributed by atoms with Gasteiger partial charge >= 0.3 is 11.9 Å². The van der Waals surface area contributed by atoms with Crippen molar-refractivity contribution in [3.63, 3.8) is 0 Å². The number of carbonyl (C=O) groups is 2. The third-order valence-corrected chi connectivity index (χ3v) is 3.22. The van der Waals surface area contributed by atoms with E-state index in [-0.39, 0.29) is 6.61 Å². The highest BCUT2D eigenvalue weighted by Gasteiger charge is 2.35. The van der Waals surface area contributed by atoms with Gasteiger partial charge in [-0.3, -0.25) is 0 Å². The number of rotatable bonds is 7. The van der Waals surface area contributed by atoms with Crippen LogP contribution >= 0.6 is 11.3 Å². The summed E-state index contributed by atoms with van der Waals surface area (Å²) in [7, 11) is 0. The summed E-state index contributed by atoms with van der Waals surface area (Å²) in [5.74, 6) is -1.26. The van der Waals surface area contributed by atoms with Gasteiger partial charge in [0.25, 0.3) is 0 Å². The van der Waals surface area contributed by atoms with Crippen molar-refractivity contribution in [1.29, 1.82) is 0 Å². The molecule has 0 atom stereocenters. The Balaban J connectivity index is 2.36. The quantitative estimate of drug-likeness (QED) is 0.450. The molecule has 1 aromatic rings. The lowest BCUT2D eigenvalue weighted by molar-refractivity contribution is -0.179. The smallest absolute Gasteiger partial charge is 0.353 e. The molecular formula is C15H23N3O5S. The minimum atomic E-state index is -1.32. The maximum atomic E-state index is 11.9. The van der Waals surface area contributed by atoms with Gasteiger partial charge in [0, 0.05) is 11.8 Å². The molecule has 24 heavy (non-hydrogen) atoms. The van der Waals surface area contributed by atoms with Gasteiger partial charge in [0.05, 0.1) is 12.3 Å². The second kappa shape index (κ2) is 8.09. The number of nitrogen functional groups attached to an aromatic ring is 1. The Bertz CT molecular complexity index is 604. The Morgan fingerprint density at radius 1 is 1.33 bits per heavy atom. The fraction of sp³-hybridized carbons (Fsp3) is 0.600. The Kier molecular flexibility index (Phi) is 6.70. The van der Waals surface area contributed by atoms with Crippen LogP contribution in [0.2, 0.25) is 0 Å². The molecule has 0 aliphatic rings. The van der Waals surface area contributed by atoms with Crippen molar-refractivity contribution in [2.45, 2.75) is 52.2 Å². The van der Waals surface area contributed by atoms with Gasteiger partial charge in [-0.1, -0.05) is 5.16 Å². The van der Waals surface area contributed by atoms with Crippen molar-refractivity contribution in [3.05, 3.63) is 11.1 Å². The Morgan fingerprint density at radius 2 is 2.00 bits per heavy atom. The maximum Gasteiger partial charge on any atom is 0.353 e. The number of hydrogen-bond donors (Lipinski definition) is 1. The van der Waals surface area contributed by atoms with E-state index in [2.05, 4.69) is 10.1 Å². The largest absolute Gasteiger partial charge is 0.461 e. The first-order chi connectivity index (χ1) is 11.0. The zero-order valence-electron chi connectivity index (χ0n) is 14.5. The average Bonchev–Trinajstić information content (AvgIpc) is 2.82. The molecule has 0 aliphatic heterocycles. The van der Waals surface area contributed by atoms with Gasteiger partial charge in [0.1, 0.15) is 5.60 Å². The fourth-order valence-corrected chi connectivity index (χ4v) is 1.97. The lowest BCUT2D eigenvalue weighted by atomic mass is 10.1. The zero-order chi connectivity index (χ0) is 18.4. The lowest BCUT2D eigenvalue weighted by Gasteiger charge is -2.26. The number of carbonyl (C=O) groups excluding carboxylic acids is 2. The molecule has 9 heteroatoms. The maximum absolute atomic E-state index is 11.9. The van der Waals surface area contributed by atoms with Crippen molar-refractivity contribution in [3.8, 4) is 0 Å². The van der Waals surface area contributed by atoms with E-state index in [1.54, 1.807) is 26.2 Å². The molecule has 0 spiro atoms. The second-order valence-electron chi connectivity index (χ2n) is 6.43. The summed E-state index contributed by atoms with van der Waals surface area (Å²) in [5.41, 5.74) is 4.30. The first-order valence-electron chi connectivity index (χ1n) is 7.31. The molecular weight excluding hydrogens is 334 g/mol. The minimum Gasteiger partial charge on any atom is -0.461 e. The topological polar surface area (TPSA) is 113 Å². The van der Waals surface area contributed by atoms with Crippen LogP contribution in [0, 0.1) is 0 Å². The van der Waals surface area contributed by atoms with Crippen molar-refractivity contribution < 1.29 is 23.9 Å².